The lowest BCUT2D eigenvalue weighted by Crippen LogP contribution is -2.00. The van der Waals surface area contributed by atoms with E-state index < -0.39 is 0 Å². The third-order valence-corrected chi connectivity index (χ3v) is 10.6. The summed E-state index contributed by atoms with van der Waals surface area (Å²) in [6.45, 7) is 0. The van der Waals surface area contributed by atoms with Gasteiger partial charge in [-0.25, -0.2) is 15.0 Å². The molecule has 56 heavy (non-hydrogen) atoms. The molecule has 0 unspecified atom stereocenters. The van der Waals surface area contributed by atoms with Gasteiger partial charge in [0.2, 0.25) is 0 Å². The van der Waals surface area contributed by atoms with Crippen LogP contribution in [0.5, 0.6) is 0 Å². The number of rotatable bonds is 6. The molecule has 0 fully saturated rings. The van der Waals surface area contributed by atoms with Gasteiger partial charge in [-0.05, 0) is 58.7 Å². The monoisotopic (exact) mass is 717 g/mol. The second-order valence-electron chi connectivity index (χ2n) is 13.9. The van der Waals surface area contributed by atoms with Crippen molar-refractivity contribution in [3.8, 4) is 62.1 Å². The Morgan fingerprint density at radius 2 is 0.875 bits per heavy atom. The normalized spacial score (nSPS) is 11.6. The van der Waals surface area contributed by atoms with Crippen LogP contribution in [0.25, 0.3) is 106 Å². The molecule has 0 atom stereocenters. The van der Waals surface area contributed by atoms with Gasteiger partial charge >= 0.3 is 0 Å². The molecule has 262 valence electrons. The highest BCUT2D eigenvalue weighted by molar-refractivity contribution is 6.10. The maximum Gasteiger partial charge on any atom is 0.167 e. The lowest BCUT2D eigenvalue weighted by Gasteiger charge is -2.11. The van der Waals surface area contributed by atoms with Gasteiger partial charge in [0, 0.05) is 50.8 Å². The highest BCUT2D eigenvalue weighted by atomic mass is 16.3. The molecule has 0 bridgehead atoms. The van der Waals surface area contributed by atoms with Crippen molar-refractivity contribution in [3.63, 3.8) is 0 Å². The van der Waals surface area contributed by atoms with Gasteiger partial charge in [-0.3, -0.25) is 4.98 Å². The topological polar surface area (TPSA) is 69.6 Å². The number of para-hydroxylation sites is 3. The van der Waals surface area contributed by atoms with E-state index in [0.29, 0.717) is 17.5 Å². The Balaban J connectivity index is 0.981. The quantitative estimate of drug-likeness (QED) is 0.171. The van der Waals surface area contributed by atoms with Gasteiger partial charge in [0.1, 0.15) is 11.2 Å². The van der Waals surface area contributed by atoms with Crippen LogP contribution >= 0.6 is 0 Å². The van der Waals surface area contributed by atoms with Gasteiger partial charge in [-0.2, -0.15) is 0 Å². The fourth-order valence-electron chi connectivity index (χ4n) is 7.83. The number of aromatic nitrogens is 5. The number of hydrogen-bond donors (Lipinski definition) is 0. The molecule has 4 heterocycles. The van der Waals surface area contributed by atoms with E-state index in [1.807, 2.05) is 36.5 Å². The fourth-order valence-corrected chi connectivity index (χ4v) is 7.83. The van der Waals surface area contributed by atoms with Crippen molar-refractivity contribution in [2.45, 2.75) is 0 Å². The molecule has 0 aliphatic rings. The molecule has 0 spiro atoms. The molecule has 0 amide bonds. The molecule has 4 aromatic heterocycles. The Labute approximate surface area is 322 Å². The highest BCUT2D eigenvalue weighted by Gasteiger charge is 2.18. The Morgan fingerprint density at radius 3 is 1.50 bits per heavy atom. The van der Waals surface area contributed by atoms with Crippen molar-refractivity contribution in [3.05, 3.63) is 188 Å². The Bertz CT molecular complexity index is 3170. The molecular formula is C50H31N5O. The van der Waals surface area contributed by atoms with E-state index in [1.165, 1.54) is 21.8 Å². The number of pyridine rings is 1. The zero-order chi connectivity index (χ0) is 37.0. The lowest BCUT2D eigenvalue weighted by molar-refractivity contribution is 0.669. The Kier molecular flexibility index (Phi) is 7.38. The first-order valence-corrected chi connectivity index (χ1v) is 18.6. The third kappa shape index (κ3) is 5.35. The van der Waals surface area contributed by atoms with Crippen LogP contribution in [0, 0.1) is 0 Å². The van der Waals surface area contributed by atoms with Gasteiger partial charge < -0.3 is 8.98 Å². The summed E-state index contributed by atoms with van der Waals surface area (Å²) in [7, 11) is 0. The first-order valence-electron chi connectivity index (χ1n) is 18.6. The summed E-state index contributed by atoms with van der Waals surface area (Å²) in [6.07, 6.45) is 3.58. The molecule has 11 aromatic rings. The van der Waals surface area contributed by atoms with E-state index in [4.69, 9.17) is 19.4 Å². The van der Waals surface area contributed by atoms with Gasteiger partial charge in [0.05, 0.1) is 16.6 Å². The maximum atomic E-state index is 6.39. The summed E-state index contributed by atoms with van der Waals surface area (Å²) in [6, 6.07) is 61.1. The summed E-state index contributed by atoms with van der Waals surface area (Å²) in [5.41, 5.74) is 12.1. The van der Waals surface area contributed by atoms with Crippen LogP contribution in [0.15, 0.2) is 193 Å². The first kappa shape index (κ1) is 31.8. The van der Waals surface area contributed by atoms with Crippen molar-refractivity contribution in [2.75, 3.05) is 0 Å². The average molecular weight is 718 g/mol. The van der Waals surface area contributed by atoms with Crippen LogP contribution in [0.4, 0.5) is 0 Å². The van der Waals surface area contributed by atoms with Crippen LogP contribution in [0.2, 0.25) is 0 Å². The summed E-state index contributed by atoms with van der Waals surface area (Å²) in [5.74, 6) is 1.71. The van der Waals surface area contributed by atoms with E-state index in [-0.39, 0.29) is 0 Å². The SMILES string of the molecule is c1ccc(-c2ccc(-c3nc(-c4ccc(-c5ccc(-n6c7ccccc7c7ccccc76)cc5)cc4)nc(-c4cccc5c4oc4ccncc45)n3)cc2)cc1. The second kappa shape index (κ2) is 13.0. The fraction of sp³-hybridized carbons (Fsp3) is 0. The van der Waals surface area contributed by atoms with Crippen molar-refractivity contribution >= 4 is 43.7 Å². The molecule has 7 aromatic carbocycles. The maximum absolute atomic E-state index is 6.39. The Morgan fingerprint density at radius 1 is 0.375 bits per heavy atom. The number of fused-ring (bicyclic) bond motifs is 6. The van der Waals surface area contributed by atoms with Gasteiger partial charge in [0.25, 0.3) is 0 Å². The van der Waals surface area contributed by atoms with Crippen LogP contribution in [-0.2, 0) is 0 Å². The zero-order valence-corrected chi connectivity index (χ0v) is 30.0. The van der Waals surface area contributed by atoms with Crippen LogP contribution in [-0.4, -0.2) is 24.5 Å². The summed E-state index contributed by atoms with van der Waals surface area (Å²) < 4.78 is 8.73. The predicted molar refractivity (Wildman–Crippen MR) is 226 cm³/mol. The molecule has 0 aliphatic carbocycles. The van der Waals surface area contributed by atoms with E-state index >= 15 is 0 Å². The minimum Gasteiger partial charge on any atom is -0.455 e. The largest absolute Gasteiger partial charge is 0.455 e. The molecule has 0 N–H and O–H groups in total. The Hall–Kier alpha value is -7.70. The molecule has 0 saturated carbocycles. The molecule has 11 rings (SSSR count). The standard InChI is InChI=1S/C50H31N5O/c1-2-9-32(10-3-1)33-17-21-36(22-18-33)48-52-49(54-50(53-48)42-14-8-13-41-43-31-51-30-29-46(43)56-47(41)42)37-23-19-34(20-24-37)35-25-27-38(28-26-35)55-44-15-6-4-11-39(44)40-12-5-7-16-45(40)55/h1-31H. The van der Waals surface area contributed by atoms with E-state index in [1.54, 1.807) is 6.20 Å². The van der Waals surface area contributed by atoms with Crippen molar-refractivity contribution in [1.29, 1.82) is 0 Å². The molecule has 6 heteroatoms. The molecular weight excluding hydrogens is 687 g/mol. The second-order valence-corrected chi connectivity index (χ2v) is 13.9. The van der Waals surface area contributed by atoms with Crippen LogP contribution in [0.3, 0.4) is 0 Å². The number of furan rings is 1. The van der Waals surface area contributed by atoms with Crippen LogP contribution in [0.1, 0.15) is 0 Å². The molecule has 0 saturated heterocycles. The third-order valence-electron chi connectivity index (χ3n) is 10.6. The average Bonchev–Trinajstić information content (AvgIpc) is 3.83. The van der Waals surface area contributed by atoms with E-state index in [9.17, 15) is 0 Å². The van der Waals surface area contributed by atoms with Gasteiger partial charge in [-0.15, -0.1) is 0 Å². The van der Waals surface area contributed by atoms with E-state index in [2.05, 4.69) is 155 Å². The number of nitrogens with zero attached hydrogens (tertiary/aromatic N) is 5. The van der Waals surface area contributed by atoms with E-state index in [0.717, 1.165) is 66.6 Å². The first-order chi connectivity index (χ1) is 27.7. The smallest absolute Gasteiger partial charge is 0.167 e. The highest BCUT2D eigenvalue weighted by Crippen LogP contribution is 2.37. The number of benzene rings is 7. The lowest BCUT2D eigenvalue weighted by atomic mass is 10.0. The summed E-state index contributed by atoms with van der Waals surface area (Å²) in [5, 5.41) is 4.43. The van der Waals surface area contributed by atoms with Crippen molar-refractivity contribution in [1.82, 2.24) is 24.5 Å². The van der Waals surface area contributed by atoms with Crippen molar-refractivity contribution in [2.24, 2.45) is 0 Å². The minimum absolute atomic E-state index is 0.541. The van der Waals surface area contributed by atoms with Gasteiger partial charge in [0.15, 0.2) is 17.5 Å². The predicted octanol–water partition coefficient (Wildman–Crippen LogP) is 12.6. The van der Waals surface area contributed by atoms with Crippen molar-refractivity contribution < 1.29 is 4.42 Å². The summed E-state index contributed by atoms with van der Waals surface area (Å²) in [4.78, 5) is 19.5. The zero-order valence-electron chi connectivity index (χ0n) is 30.0. The molecule has 0 aliphatic heterocycles. The van der Waals surface area contributed by atoms with Crippen LogP contribution < -0.4 is 0 Å². The van der Waals surface area contributed by atoms with Gasteiger partial charge in [-0.1, -0.05) is 140 Å². The molecule has 0 radical (unpaired) electrons. The minimum atomic E-state index is 0.541. The summed E-state index contributed by atoms with van der Waals surface area (Å²) >= 11 is 0. The molecule has 6 nitrogen and oxygen atoms in total. The number of hydrogen-bond acceptors (Lipinski definition) is 5.